The van der Waals surface area contributed by atoms with Crippen LogP contribution in [0.25, 0.3) is 5.57 Å². The van der Waals surface area contributed by atoms with E-state index < -0.39 is 41.7 Å². The van der Waals surface area contributed by atoms with Crippen LogP contribution in [0.3, 0.4) is 0 Å². The molecular weight excluding hydrogens is 664 g/mol. The number of fused-ring (bicyclic) bond motifs is 2. The minimum atomic E-state index is -1.29. The van der Waals surface area contributed by atoms with Gasteiger partial charge in [-0.15, -0.1) is 0 Å². The van der Waals surface area contributed by atoms with Crippen LogP contribution in [-0.4, -0.2) is 71.3 Å². The van der Waals surface area contributed by atoms with E-state index in [1.165, 1.54) is 13.4 Å². The van der Waals surface area contributed by atoms with Crippen molar-refractivity contribution in [1.82, 2.24) is 15.2 Å². The van der Waals surface area contributed by atoms with Gasteiger partial charge in [-0.1, -0.05) is 78.5 Å². The number of oxazole rings is 1. The standard InChI is InChI=1S/C40H48N4O8/c1-10-22(6)31(36-42-29(19-50-36)38(48)49-9)34-40-25-13-11-12-14-27(25)43-39(40)52-30-16-15-24(17-26(30)40)18-28(41-35(46)33(45)21(4)5)37(47)44(8)32(20(2)3)23(7)51-34/h11-17,19-22,28,32-33,39,43,45H,7,10,18H2,1-6,8-9H3,(H,41,46). The number of benzene rings is 2. The average molecular weight is 713 g/mol. The number of esters is 1. The first-order valence-electron chi connectivity index (χ1n) is 17.8. The van der Waals surface area contributed by atoms with E-state index in [9.17, 15) is 19.5 Å². The highest BCUT2D eigenvalue weighted by Crippen LogP contribution is 2.60. The molecule has 12 heteroatoms. The fourth-order valence-electron chi connectivity index (χ4n) is 7.64. The predicted octanol–water partition coefficient (Wildman–Crippen LogP) is 5.42. The third-order valence-electron chi connectivity index (χ3n) is 10.5. The molecule has 0 saturated heterocycles. The minimum Gasteiger partial charge on any atom is -0.469 e. The van der Waals surface area contributed by atoms with Crippen LogP contribution >= 0.6 is 0 Å². The highest BCUT2D eigenvalue weighted by atomic mass is 16.5. The van der Waals surface area contributed by atoms with E-state index in [2.05, 4.69) is 22.2 Å². The van der Waals surface area contributed by atoms with Gasteiger partial charge in [0.25, 0.3) is 0 Å². The van der Waals surface area contributed by atoms with Crippen LogP contribution in [0, 0.1) is 17.8 Å². The van der Waals surface area contributed by atoms with Crippen molar-refractivity contribution in [3.05, 3.63) is 95.1 Å². The summed E-state index contributed by atoms with van der Waals surface area (Å²) < 4.78 is 24.9. The summed E-state index contributed by atoms with van der Waals surface area (Å²) in [6, 6.07) is 12.0. The van der Waals surface area contributed by atoms with E-state index in [0.29, 0.717) is 23.5 Å². The normalized spacial score (nSPS) is 24.4. The monoisotopic (exact) mass is 712 g/mol. The number of likely N-dealkylation sites (N-methyl/N-ethyl adjacent to an activating group) is 1. The third-order valence-corrected chi connectivity index (χ3v) is 10.5. The molecule has 3 aliphatic rings. The van der Waals surface area contributed by atoms with Gasteiger partial charge in [0.1, 0.15) is 41.1 Å². The number of hydrogen-bond acceptors (Lipinski definition) is 10. The number of nitrogens with one attached hydrogen (secondary N) is 2. The average Bonchev–Trinajstić information content (AvgIpc) is 3.81. The number of carbonyl (C=O) groups is 3. The maximum Gasteiger partial charge on any atom is 0.360 e. The Morgan fingerprint density at radius 1 is 1.15 bits per heavy atom. The number of amides is 2. The van der Waals surface area contributed by atoms with Crippen LogP contribution in [0.4, 0.5) is 5.69 Å². The Bertz CT molecular complexity index is 1930. The lowest BCUT2D eigenvalue weighted by Gasteiger charge is -2.39. The fraction of sp³-hybridized carbons (Fsp3) is 0.450. The maximum absolute atomic E-state index is 14.4. The van der Waals surface area contributed by atoms with Gasteiger partial charge in [0.15, 0.2) is 11.9 Å². The predicted molar refractivity (Wildman–Crippen MR) is 194 cm³/mol. The number of carbonyl (C=O) groups excluding carboxylic acids is 3. The largest absolute Gasteiger partial charge is 0.469 e. The zero-order valence-corrected chi connectivity index (χ0v) is 31.0. The number of anilines is 1. The van der Waals surface area contributed by atoms with Crippen molar-refractivity contribution in [3.63, 3.8) is 0 Å². The van der Waals surface area contributed by atoms with Gasteiger partial charge in [-0.25, -0.2) is 9.78 Å². The van der Waals surface area contributed by atoms with E-state index >= 15 is 0 Å². The summed E-state index contributed by atoms with van der Waals surface area (Å²) in [6.07, 6.45) is 0.0992. The first kappa shape index (κ1) is 36.7. The smallest absolute Gasteiger partial charge is 0.360 e. The summed E-state index contributed by atoms with van der Waals surface area (Å²) in [5.41, 5.74) is 2.74. The molecule has 1 spiro atoms. The van der Waals surface area contributed by atoms with Crippen LogP contribution in [0.5, 0.6) is 5.75 Å². The van der Waals surface area contributed by atoms with Crippen LogP contribution in [0.1, 0.15) is 81.0 Å². The van der Waals surface area contributed by atoms with Crippen molar-refractivity contribution in [2.24, 2.45) is 17.8 Å². The quantitative estimate of drug-likeness (QED) is 0.258. The number of allylic oxidation sites excluding steroid dienone is 1. The molecule has 12 nitrogen and oxygen atoms in total. The van der Waals surface area contributed by atoms with Crippen molar-refractivity contribution < 1.29 is 38.1 Å². The fourth-order valence-corrected chi connectivity index (χ4v) is 7.64. The van der Waals surface area contributed by atoms with Gasteiger partial charge in [0.05, 0.1) is 18.7 Å². The number of ether oxygens (including phenoxy) is 3. The third kappa shape index (κ3) is 6.02. The molecule has 1 aromatic heterocycles. The lowest BCUT2D eigenvalue weighted by Crippen LogP contribution is -2.55. The summed E-state index contributed by atoms with van der Waals surface area (Å²) >= 11 is 0. The van der Waals surface area contributed by atoms with Crippen molar-refractivity contribution in [2.45, 2.75) is 84.2 Å². The molecule has 0 radical (unpaired) electrons. The number of aliphatic hydroxyl groups is 1. The molecule has 0 saturated carbocycles. The molecule has 2 bridgehead atoms. The SMILES string of the molecule is C=C1OC(=C(c2nc(C(=O)OC)co2)C(C)CC)C23c4ccccc4NC2Oc2ccc(cc23)CC(NC(=O)C(O)C(C)C)C(=O)N(C)C1C(C)C. The molecule has 3 aromatic rings. The summed E-state index contributed by atoms with van der Waals surface area (Å²) in [5.74, 6) is -0.868. The van der Waals surface area contributed by atoms with Gasteiger partial charge >= 0.3 is 5.97 Å². The Morgan fingerprint density at radius 2 is 1.88 bits per heavy atom. The maximum atomic E-state index is 14.4. The zero-order chi connectivity index (χ0) is 37.6. The number of para-hydroxylation sites is 1. The van der Waals surface area contributed by atoms with Crippen molar-refractivity contribution in [3.8, 4) is 5.75 Å². The van der Waals surface area contributed by atoms with Crippen LogP contribution in [0.2, 0.25) is 0 Å². The summed E-state index contributed by atoms with van der Waals surface area (Å²) in [4.78, 5) is 46.4. The van der Waals surface area contributed by atoms with Gasteiger partial charge in [-0.3, -0.25) is 9.59 Å². The van der Waals surface area contributed by atoms with Gasteiger partial charge in [-0.2, -0.15) is 0 Å². The number of methoxy groups -OCH3 is 1. The number of aromatic nitrogens is 1. The topological polar surface area (TPSA) is 152 Å². The Labute approximate surface area is 304 Å². The molecule has 2 amide bonds. The number of rotatable bonds is 8. The molecule has 0 aliphatic carbocycles. The molecular formula is C40H48N4O8. The first-order chi connectivity index (χ1) is 24.7. The Morgan fingerprint density at radius 3 is 2.56 bits per heavy atom. The van der Waals surface area contributed by atoms with Gasteiger partial charge in [0.2, 0.25) is 17.7 Å². The van der Waals surface area contributed by atoms with Crippen LogP contribution < -0.4 is 15.4 Å². The molecule has 3 aliphatic heterocycles. The highest BCUT2D eigenvalue weighted by molar-refractivity contribution is 5.90. The van der Waals surface area contributed by atoms with Gasteiger partial charge < -0.3 is 39.3 Å². The van der Waals surface area contributed by atoms with E-state index in [-0.39, 0.29) is 47.4 Å². The molecule has 0 fully saturated rings. The summed E-state index contributed by atoms with van der Waals surface area (Å²) in [7, 11) is 2.95. The molecule has 6 rings (SSSR count). The molecule has 4 heterocycles. The van der Waals surface area contributed by atoms with Crippen LogP contribution in [-0.2, 0) is 30.9 Å². The Balaban J connectivity index is 1.68. The molecule has 6 unspecified atom stereocenters. The number of hydrogen-bond donors (Lipinski definition) is 3. The van der Waals surface area contributed by atoms with Crippen molar-refractivity contribution in [1.29, 1.82) is 0 Å². The number of aliphatic hydroxyl groups excluding tert-OH is 1. The zero-order valence-electron chi connectivity index (χ0n) is 31.0. The second kappa shape index (κ2) is 14.1. The van der Waals surface area contributed by atoms with E-state index in [1.807, 2.05) is 70.2 Å². The second-order valence-corrected chi connectivity index (χ2v) is 14.6. The van der Waals surface area contributed by atoms with E-state index in [4.69, 9.17) is 18.6 Å². The van der Waals surface area contributed by atoms with Crippen molar-refractivity contribution in [2.75, 3.05) is 19.5 Å². The lowest BCUT2D eigenvalue weighted by atomic mass is 9.71. The summed E-state index contributed by atoms with van der Waals surface area (Å²) in [5, 5.41) is 17.1. The van der Waals surface area contributed by atoms with Crippen LogP contribution in [0.15, 0.2) is 71.2 Å². The number of nitrogens with zero attached hydrogens (tertiary/aromatic N) is 2. The molecule has 3 N–H and O–H groups in total. The van der Waals surface area contributed by atoms with Gasteiger partial charge in [-0.05, 0) is 47.4 Å². The van der Waals surface area contributed by atoms with Crippen molar-refractivity contribution >= 4 is 29.0 Å². The molecule has 6 atom stereocenters. The lowest BCUT2D eigenvalue weighted by molar-refractivity contribution is -0.140. The molecule has 2 aromatic carbocycles. The van der Waals surface area contributed by atoms with Gasteiger partial charge in [0, 0.05) is 24.7 Å². The molecule has 276 valence electrons. The minimum absolute atomic E-state index is 0.0105. The highest BCUT2D eigenvalue weighted by Gasteiger charge is 2.61. The second-order valence-electron chi connectivity index (χ2n) is 14.6. The Kier molecular flexibility index (Phi) is 9.97. The summed E-state index contributed by atoms with van der Waals surface area (Å²) in [6.45, 7) is 15.9. The van der Waals surface area contributed by atoms with E-state index in [0.717, 1.165) is 22.4 Å². The Hall–Kier alpha value is -5.10. The first-order valence-corrected chi connectivity index (χ1v) is 17.8. The van der Waals surface area contributed by atoms with E-state index in [1.54, 1.807) is 25.8 Å². The molecule has 52 heavy (non-hydrogen) atoms.